The predicted molar refractivity (Wildman–Crippen MR) is 93.2 cm³/mol. The minimum atomic E-state index is -0.292. The summed E-state index contributed by atoms with van der Waals surface area (Å²) in [5, 5.41) is 6.74. The summed E-state index contributed by atoms with van der Waals surface area (Å²) < 4.78 is 5.37. The first-order valence-electron chi connectivity index (χ1n) is 8.51. The number of carbonyl (C=O) groups is 1. The molecule has 0 saturated carbocycles. The van der Waals surface area contributed by atoms with Crippen molar-refractivity contribution in [3.63, 3.8) is 0 Å². The molecule has 0 unspecified atom stereocenters. The normalized spacial score (nSPS) is 19.1. The number of carbonyl (C=O) groups excluding carboxylic acids is 1. The molecule has 1 fully saturated rings. The van der Waals surface area contributed by atoms with Gasteiger partial charge in [0.25, 0.3) is 0 Å². The van der Waals surface area contributed by atoms with Crippen molar-refractivity contribution in [2.24, 2.45) is 5.41 Å². The summed E-state index contributed by atoms with van der Waals surface area (Å²) in [5.41, 5.74) is 0.787. The standard InChI is InChI=1S/C19H30N2O2/c1-15(16-8-6-5-7-9-16)21-18(2,3)14-20-17(22)19(4)10-12-23-13-11-19/h5-9,15,21H,10-14H2,1-4H3,(H,20,22)/t15-/m1/s1. The van der Waals surface area contributed by atoms with Crippen LogP contribution in [0.3, 0.4) is 0 Å². The van der Waals surface area contributed by atoms with Crippen LogP contribution in [0.4, 0.5) is 0 Å². The van der Waals surface area contributed by atoms with Gasteiger partial charge in [-0.3, -0.25) is 4.79 Å². The average Bonchev–Trinajstić information content (AvgIpc) is 2.54. The number of nitrogens with one attached hydrogen (secondary N) is 2. The van der Waals surface area contributed by atoms with Crippen molar-refractivity contribution < 1.29 is 9.53 Å². The molecule has 128 valence electrons. The van der Waals surface area contributed by atoms with Crippen LogP contribution in [0.15, 0.2) is 30.3 Å². The van der Waals surface area contributed by atoms with Gasteiger partial charge in [-0.05, 0) is 39.2 Å². The maximum Gasteiger partial charge on any atom is 0.226 e. The van der Waals surface area contributed by atoms with Crippen molar-refractivity contribution in [1.82, 2.24) is 10.6 Å². The van der Waals surface area contributed by atoms with Crippen molar-refractivity contribution in [3.05, 3.63) is 35.9 Å². The maximum absolute atomic E-state index is 12.5. The molecule has 1 aromatic rings. The highest BCUT2D eigenvalue weighted by Gasteiger charge is 2.35. The zero-order valence-corrected chi connectivity index (χ0v) is 14.8. The Balaban J connectivity index is 1.87. The molecule has 0 aromatic heterocycles. The predicted octanol–water partition coefficient (Wildman–Crippen LogP) is 3.05. The van der Waals surface area contributed by atoms with Crippen LogP contribution in [0.2, 0.25) is 0 Å². The van der Waals surface area contributed by atoms with Gasteiger partial charge in [0, 0.05) is 31.3 Å². The molecule has 0 radical (unpaired) electrons. The third-order valence-corrected chi connectivity index (χ3v) is 4.74. The van der Waals surface area contributed by atoms with Gasteiger partial charge in [-0.25, -0.2) is 0 Å². The topological polar surface area (TPSA) is 50.4 Å². The van der Waals surface area contributed by atoms with Gasteiger partial charge in [-0.2, -0.15) is 0 Å². The first-order valence-corrected chi connectivity index (χ1v) is 8.51. The molecule has 1 aliphatic heterocycles. The third-order valence-electron chi connectivity index (χ3n) is 4.74. The van der Waals surface area contributed by atoms with Crippen molar-refractivity contribution in [2.45, 2.75) is 52.1 Å². The molecule has 1 atom stereocenters. The lowest BCUT2D eigenvalue weighted by atomic mass is 9.81. The molecule has 23 heavy (non-hydrogen) atoms. The molecule has 2 N–H and O–H groups in total. The first kappa shape index (κ1) is 18.0. The number of hydrogen-bond donors (Lipinski definition) is 2. The average molecular weight is 318 g/mol. The molecule has 0 spiro atoms. The molecule has 1 aliphatic rings. The molecular weight excluding hydrogens is 288 g/mol. The van der Waals surface area contributed by atoms with E-state index in [2.05, 4.69) is 43.5 Å². The molecular formula is C19H30N2O2. The van der Waals surface area contributed by atoms with E-state index < -0.39 is 0 Å². The summed E-state index contributed by atoms with van der Waals surface area (Å²) >= 11 is 0. The van der Waals surface area contributed by atoms with Crippen LogP contribution >= 0.6 is 0 Å². The smallest absolute Gasteiger partial charge is 0.226 e. The Morgan fingerprint density at radius 1 is 1.26 bits per heavy atom. The molecule has 0 aliphatic carbocycles. The maximum atomic E-state index is 12.5. The summed E-state index contributed by atoms with van der Waals surface area (Å²) in [7, 11) is 0. The fourth-order valence-corrected chi connectivity index (χ4v) is 3.03. The van der Waals surface area contributed by atoms with E-state index >= 15 is 0 Å². The first-order chi connectivity index (χ1) is 10.8. The van der Waals surface area contributed by atoms with Gasteiger partial charge >= 0.3 is 0 Å². The third kappa shape index (κ3) is 5.05. The molecule has 1 amide bonds. The Labute approximate surface area is 140 Å². The summed E-state index contributed by atoms with van der Waals surface area (Å²) in [6, 6.07) is 10.6. The molecule has 0 bridgehead atoms. The number of amides is 1. The van der Waals surface area contributed by atoms with Crippen LogP contribution in [0.1, 0.15) is 52.1 Å². The van der Waals surface area contributed by atoms with Crippen LogP contribution in [0, 0.1) is 5.41 Å². The molecule has 4 nitrogen and oxygen atoms in total. The Morgan fingerprint density at radius 2 is 1.87 bits per heavy atom. The van der Waals surface area contributed by atoms with E-state index in [1.54, 1.807) is 0 Å². The molecule has 4 heteroatoms. The Bertz CT molecular complexity index is 507. The van der Waals surface area contributed by atoms with Gasteiger partial charge in [-0.15, -0.1) is 0 Å². The summed E-state index contributed by atoms with van der Waals surface area (Å²) in [5.74, 6) is 0.142. The number of rotatable bonds is 6. The van der Waals surface area contributed by atoms with Gasteiger partial charge < -0.3 is 15.4 Å². The second-order valence-electron chi connectivity index (χ2n) is 7.52. The van der Waals surface area contributed by atoms with Crippen LogP contribution in [0.25, 0.3) is 0 Å². The second kappa shape index (κ2) is 7.45. The van der Waals surface area contributed by atoms with Crippen LogP contribution in [-0.4, -0.2) is 31.2 Å². The number of benzene rings is 1. The minimum Gasteiger partial charge on any atom is -0.381 e. The van der Waals surface area contributed by atoms with Crippen molar-refractivity contribution in [2.75, 3.05) is 19.8 Å². The molecule has 1 saturated heterocycles. The Morgan fingerprint density at radius 3 is 2.48 bits per heavy atom. The molecule has 1 aromatic carbocycles. The number of hydrogen-bond acceptors (Lipinski definition) is 3. The van der Waals surface area contributed by atoms with E-state index in [0.29, 0.717) is 19.8 Å². The van der Waals surface area contributed by atoms with Crippen LogP contribution < -0.4 is 10.6 Å². The van der Waals surface area contributed by atoms with Crippen LogP contribution in [-0.2, 0) is 9.53 Å². The van der Waals surface area contributed by atoms with E-state index in [9.17, 15) is 4.79 Å². The van der Waals surface area contributed by atoms with E-state index in [0.717, 1.165) is 12.8 Å². The summed E-state index contributed by atoms with van der Waals surface area (Å²) in [6.45, 7) is 10.4. The van der Waals surface area contributed by atoms with Gasteiger partial charge in [0.15, 0.2) is 0 Å². The minimum absolute atomic E-state index is 0.142. The zero-order chi connectivity index (χ0) is 16.9. The van der Waals surface area contributed by atoms with Crippen LogP contribution in [0.5, 0.6) is 0 Å². The van der Waals surface area contributed by atoms with Gasteiger partial charge in [0.1, 0.15) is 0 Å². The van der Waals surface area contributed by atoms with Crippen molar-refractivity contribution in [1.29, 1.82) is 0 Å². The van der Waals surface area contributed by atoms with E-state index in [4.69, 9.17) is 4.74 Å². The zero-order valence-electron chi connectivity index (χ0n) is 14.8. The Hall–Kier alpha value is -1.39. The van der Waals surface area contributed by atoms with Gasteiger partial charge in [0.05, 0.1) is 5.41 Å². The van der Waals surface area contributed by atoms with Gasteiger partial charge in [-0.1, -0.05) is 37.3 Å². The van der Waals surface area contributed by atoms with Gasteiger partial charge in [0.2, 0.25) is 5.91 Å². The highest BCUT2D eigenvalue weighted by Crippen LogP contribution is 2.30. The second-order valence-corrected chi connectivity index (χ2v) is 7.52. The summed E-state index contributed by atoms with van der Waals surface area (Å²) in [6.07, 6.45) is 1.60. The van der Waals surface area contributed by atoms with E-state index in [1.165, 1.54) is 5.56 Å². The lowest BCUT2D eigenvalue weighted by Crippen LogP contribution is -2.52. The summed E-state index contributed by atoms with van der Waals surface area (Å²) in [4.78, 5) is 12.5. The van der Waals surface area contributed by atoms with Crippen molar-refractivity contribution in [3.8, 4) is 0 Å². The van der Waals surface area contributed by atoms with E-state index in [1.807, 2.05) is 25.1 Å². The number of ether oxygens (including phenoxy) is 1. The fraction of sp³-hybridized carbons (Fsp3) is 0.632. The molecule has 2 rings (SSSR count). The lowest BCUT2D eigenvalue weighted by molar-refractivity contribution is -0.135. The monoisotopic (exact) mass is 318 g/mol. The van der Waals surface area contributed by atoms with Crippen molar-refractivity contribution >= 4 is 5.91 Å². The van der Waals surface area contributed by atoms with E-state index in [-0.39, 0.29) is 22.9 Å². The largest absolute Gasteiger partial charge is 0.381 e. The lowest BCUT2D eigenvalue weighted by Gasteiger charge is -2.35. The highest BCUT2D eigenvalue weighted by atomic mass is 16.5. The molecule has 1 heterocycles. The Kier molecular flexibility index (Phi) is 5.82. The quantitative estimate of drug-likeness (QED) is 0.847. The highest BCUT2D eigenvalue weighted by molar-refractivity contribution is 5.82. The SMILES string of the molecule is C[C@@H](NC(C)(C)CNC(=O)C1(C)CCOCC1)c1ccccc1. The fourth-order valence-electron chi connectivity index (χ4n) is 3.03.